The number of nitro groups is 1. The minimum atomic E-state index is -1.42. The van der Waals surface area contributed by atoms with E-state index in [-0.39, 0.29) is 46.0 Å². The molecular formula is C44H56N4O15. The molecule has 4 N–H and O–H groups in total. The molecule has 0 saturated carbocycles. The van der Waals surface area contributed by atoms with Crippen molar-refractivity contribution in [2.45, 2.75) is 111 Å². The fraction of sp³-hybridized carbons (Fsp3) is 0.477. The number of phenols is 1. The molecule has 1 saturated heterocycles. The number of benzene rings is 2. The Kier molecular flexibility index (Phi) is 18.8. The van der Waals surface area contributed by atoms with E-state index in [1.807, 2.05) is 20.8 Å². The van der Waals surface area contributed by atoms with Crippen LogP contribution in [0.3, 0.4) is 0 Å². The zero-order valence-corrected chi connectivity index (χ0v) is 36.8. The van der Waals surface area contributed by atoms with E-state index >= 15 is 0 Å². The molecule has 1 fully saturated rings. The highest BCUT2D eigenvalue weighted by atomic mass is 16.6. The van der Waals surface area contributed by atoms with E-state index in [2.05, 4.69) is 16.0 Å². The summed E-state index contributed by atoms with van der Waals surface area (Å²) in [7, 11) is 2.42. The van der Waals surface area contributed by atoms with Crippen molar-refractivity contribution in [3.8, 4) is 5.75 Å². The fourth-order valence-corrected chi connectivity index (χ4v) is 7.19. The quantitative estimate of drug-likeness (QED) is 0.0338. The minimum Gasteiger partial charge on any atom is -0.505 e. The van der Waals surface area contributed by atoms with E-state index in [4.69, 9.17) is 23.7 Å². The van der Waals surface area contributed by atoms with E-state index in [0.717, 1.165) is 12.8 Å². The summed E-state index contributed by atoms with van der Waals surface area (Å²) in [5.74, 6) is -6.60. The van der Waals surface area contributed by atoms with Crippen LogP contribution in [0.1, 0.15) is 102 Å². The van der Waals surface area contributed by atoms with E-state index in [1.165, 1.54) is 64.5 Å². The average molecular weight is 881 g/mol. The summed E-state index contributed by atoms with van der Waals surface area (Å²) in [6.07, 6.45) is 0.0639. The Bertz CT molecular complexity index is 2080. The van der Waals surface area contributed by atoms with Gasteiger partial charge < -0.3 is 44.7 Å². The molecule has 4 rings (SSSR count). The Balaban J connectivity index is 0.000000365. The van der Waals surface area contributed by atoms with Gasteiger partial charge >= 0.3 is 29.8 Å². The molecule has 2 aromatic rings. The first-order valence-electron chi connectivity index (χ1n) is 20.3. The lowest BCUT2D eigenvalue weighted by Crippen LogP contribution is -2.50. The molecule has 5 atom stereocenters. The van der Waals surface area contributed by atoms with Gasteiger partial charge in [0.05, 0.1) is 53.4 Å². The van der Waals surface area contributed by atoms with Crippen molar-refractivity contribution in [3.05, 3.63) is 86.2 Å². The number of anilines is 1. The topological polar surface area (TPSA) is 265 Å². The van der Waals surface area contributed by atoms with Crippen molar-refractivity contribution >= 4 is 53.5 Å². The number of nitro benzene ring substituents is 1. The van der Waals surface area contributed by atoms with Crippen molar-refractivity contribution in [1.29, 1.82) is 0 Å². The number of amides is 2. The number of nitrogens with zero attached hydrogens (tertiary/aromatic N) is 1. The number of hydrogen-bond acceptors (Lipinski definition) is 16. The largest absolute Gasteiger partial charge is 0.505 e. The lowest BCUT2D eigenvalue weighted by Gasteiger charge is -2.29. The molecule has 2 aliphatic rings. The summed E-state index contributed by atoms with van der Waals surface area (Å²) >= 11 is 0. The second-order valence-electron chi connectivity index (χ2n) is 15.3. The van der Waals surface area contributed by atoms with E-state index in [0.29, 0.717) is 30.6 Å². The lowest BCUT2D eigenvalue weighted by atomic mass is 9.79. The number of para-hydroxylation sites is 2. The molecular weight excluding hydrogens is 824 g/mol. The van der Waals surface area contributed by atoms with Gasteiger partial charge in [-0.25, -0.2) is 14.4 Å². The van der Waals surface area contributed by atoms with Crippen LogP contribution in [0, 0.1) is 22.0 Å². The molecule has 5 unspecified atom stereocenters. The summed E-state index contributed by atoms with van der Waals surface area (Å²) < 4.78 is 26.5. The highest BCUT2D eigenvalue weighted by molar-refractivity contribution is 6.02. The van der Waals surface area contributed by atoms with Gasteiger partial charge in [0, 0.05) is 29.4 Å². The van der Waals surface area contributed by atoms with Gasteiger partial charge in [-0.1, -0.05) is 64.3 Å². The second kappa shape index (κ2) is 23.4. The van der Waals surface area contributed by atoms with Gasteiger partial charge in [-0.15, -0.1) is 0 Å². The number of phenolic OH excluding ortho intramolecular Hbond substituents is 1. The summed E-state index contributed by atoms with van der Waals surface area (Å²) in [4.78, 5) is 98.3. The Morgan fingerprint density at radius 1 is 0.921 bits per heavy atom. The van der Waals surface area contributed by atoms with Crippen LogP contribution in [-0.2, 0) is 52.5 Å². The Morgan fingerprint density at radius 3 is 2.08 bits per heavy atom. The van der Waals surface area contributed by atoms with Gasteiger partial charge in [-0.2, -0.15) is 0 Å². The first-order chi connectivity index (χ1) is 29.8. The number of rotatable bonds is 15. The fourth-order valence-electron chi connectivity index (χ4n) is 7.19. The van der Waals surface area contributed by atoms with Crippen LogP contribution in [0.15, 0.2) is 65.0 Å². The SMILES string of the molecule is CCCCCC1C(=O)OC(C)C(NC(=O)c2cccc(NC=O)c2O)C(=O)OC(C)C1OC(=O)CC(C)C.COC(=O)C1=C(C)NC(C)=C(C(=O)OC)C1c1ccccc1[N+](=O)[O-]. The van der Waals surface area contributed by atoms with Crippen molar-refractivity contribution in [1.82, 2.24) is 10.6 Å². The van der Waals surface area contributed by atoms with Gasteiger partial charge in [0.2, 0.25) is 6.41 Å². The first kappa shape index (κ1) is 50.6. The molecule has 2 aromatic carbocycles. The maximum atomic E-state index is 13.3. The molecule has 2 amide bonds. The van der Waals surface area contributed by atoms with Crippen LogP contribution in [0.5, 0.6) is 5.75 Å². The predicted molar refractivity (Wildman–Crippen MR) is 226 cm³/mol. The Hall–Kier alpha value is -6.79. The highest BCUT2D eigenvalue weighted by Crippen LogP contribution is 2.42. The van der Waals surface area contributed by atoms with Crippen LogP contribution >= 0.6 is 0 Å². The van der Waals surface area contributed by atoms with Gasteiger partial charge in [0.15, 0.2) is 17.9 Å². The average Bonchev–Trinajstić information content (AvgIpc) is 3.25. The molecule has 0 bridgehead atoms. The highest BCUT2D eigenvalue weighted by Gasteiger charge is 2.44. The summed E-state index contributed by atoms with van der Waals surface area (Å²) in [5.41, 5.74) is 0.977. The van der Waals surface area contributed by atoms with Crippen molar-refractivity contribution in [2.24, 2.45) is 11.8 Å². The number of aromatic hydroxyl groups is 1. The third-order valence-corrected chi connectivity index (χ3v) is 10.2. The lowest BCUT2D eigenvalue weighted by molar-refractivity contribution is -0.385. The van der Waals surface area contributed by atoms with Crippen molar-refractivity contribution in [3.63, 3.8) is 0 Å². The van der Waals surface area contributed by atoms with Crippen molar-refractivity contribution in [2.75, 3.05) is 19.5 Å². The monoisotopic (exact) mass is 880 g/mol. The van der Waals surface area contributed by atoms with Gasteiger partial charge in [0.25, 0.3) is 11.6 Å². The standard InChI is InChI=1S/C27H38N2O9.C17H18N2O6/c1-6-7-8-10-19-24(38-21(31)13-15(2)3)17(5)37-27(35)22(16(4)36-26(19)34)29-25(33)18-11-9-12-20(23(18)32)28-14-30;1-9-13(16(20)24-3)15(14(10(2)18-9)17(21)25-4)11-7-5-6-8-12(11)19(22)23/h9,11-12,14-17,19,22,24,32H,6-8,10,13H2,1-5H3,(H,28,30)(H,29,33);5-8,15,18H,1-4H3. The zero-order chi connectivity index (χ0) is 47.1. The van der Waals surface area contributed by atoms with Gasteiger partial charge in [-0.3, -0.25) is 29.3 Å². The normalized spacial score (nSPS) is 20.3. The third kappa shape index (κ3) is 12.9. The maximum absolute atomic E-state index is 13.3. The van der Waals surface area contributed by atoms with Gasteiger partial charge in [0.1, 0.15) is 12.2 Å². The number of allylic oxidation sites excluding steroid dienone is 2. The molecule has 2 aliphatic heterocycles. The number of carbonyl (C=O) groups excluding carboxylic acids is 7. The summed E-state index contributed by atoms with van der Waals surface area (Å²) in [6, 6.07) is 8.67. The number of ether oxygens (including phenoxy) is 5. The number of esters is 5. The molecule has 0 spiro atoms. The molecule has 63 heavy (non-hydrogen) atoms. The molecule has 0 radical (unpaired) electrons. The number of methoxy groups -OCH3 is 2. The van der Waals surface area contributed by atoms with Crippen molar-refractivity contribution < 1.29 is 67.3 Å². The number of carbonyl (C=O) groups is 7. The number of dihydropyridines is 1. The Labute approximate surface area is 365 Å². The van der Waals surface area contributed by atoms with Gasteiger partial charge in [-0.05, 0) is 52.2 Å². The summed E-state index contributed by atoms with van der Waals surface area (Å²) in [5, 5.41) is 29.5. The van der Waals surface area contributed by atoms with E-state index in [9.17, 15) is 48.8 Å². The number of unbranched alkanes of at least 4 members (excludes halogenated alkanes) is 2. The number of cyclic esters (lactones) is 2. The molecule has 19 nitrogen and oxygen atoms in total. The summed E-state index contributed by atoms with van der Waals surface area (Å²) in [6.45, 7) is 12.0. The van der Waals surface area contributed by atoms with Crippen LogP contribution in [0.2, 0.25) is 0 Å². The zero-order valence-electron chi connectivity index (χ0n) is 36.8. The van der Waals surface area contributed by atoms with Crippen LogP contribution in [0.25, 0.3) is 0 Å². The van der Waals surface area contributed by atoms with Crippen LogP contribution in [0.4, 0.5) is 11.4 Å². The number of nitrogens with one attached hydrogen (secondary N) is 3. The third-order valence-electron chi connectivity index (χ3n) is 10.2. The second-order valence-corrected chi connectivity index (χ2v) is 15.3. The predicted octanol–water partition coefficient (Wildman–Crippen LogP) is 5.27. The minimum absolute atomic E-state index is 0.00114. The maximum Gasteiger partial charge on any atom is 0.336 e. The molecule has 19 heteroatoms. The smallest absolute Gasteiger partial charge is 0.336 e. The Morgan fingerprint density at radius 2 is 1.52 bits per heavy atom. The van der Waals surface area contributed by atoms with E-state index in [1.54, 1.807) is 19.9 Å². The molecule has 0 aliphatic carbocycles. The molecule has 2 heterocycles. The van der Waals surface area contributed by atoms with Crippen LogP contribution in [-0.4, -0.2) is 90.8 Å². The first-order valence-corrected chi connectivity index (χ1v) is 20.3. The van der Waals surface area contributed by atoms with E-state index < -0.39 is 82.6 Å². The number of hydrogen-bond donors (Lipinski definition) is 4. The van der Waals surface area contributed by atoms with Crippen LogP contribution < -0.4 is 16.0 Å². The molecule has 0 aromatic heterocycles. The molecule has 342 valence electrons.